The largest absolute Gasteiger partial charge is 0.395 e. The van der Waals surface area contributed by atoms with Gasteiger partial charge in [0.1, 0.15) is 5.82 Å². The predicted molar refractivity (Wildman–Crippen MR) is 66.9 cm³/mol. The Morgan fingerprint density at radius 1 is 1.53 bits per heavy atom. The molecular weight excluding hydrogens is 216 g/mol. The molecule has 4 heteroatoms. The highest BCUT2D eigenvalue weighted by Gasteiger charge is 2.27. The maximum absolute atomic E-state index is 9.76. The van der Waals surface area contributed by atoms with Crippen LogP contribution in [-0.4, -0.2) is 34.4 Å². The fraction of sp³-hybridized carbons (Fsp3) is 0.615. The molecule has 17 heavy (non-hydrogen) atoms. The molecule has 1 atom stereocenters. The van der Waals surface area contributed by atoms with Crippen LogP contribution < -0.4 is 4.90 Å². The van der Waals surface area contributed by atoms with Gasteiger partial charge in [-0.05, 0) is 32.3 Å². The molecule has 0 aromatic carbocycles. The van der Waals surface area contributed by atoms with Gasteiger partial charge in [0.25, 0.3) is 0 Å². The Bertz CT molecular complexity index is 364. The molecule has 1 aromatic rings. The van der Waals surface area contributed by atoms with Crippen LogP contribution in [0.1, 0.15) is 37.9 Å². The third-order valence-electron chi connectivity index (χ3n) is 3.40. The maximum atomic E-state index is 9.76. The number of hydrogen-bond donors (Lipinski definition) is 2. The Morgan fingerprint density at radius 2 is 2.29 bits per heavy atom. The summed E-state index contributed by atoms with van der Waals surface area (Å²) in [5.74, 6) is 0.821. The summed E-state index contributed by atoms with van der Waals surface area (Å²) in [5, 5.41) is 18.9. The number of nitrogens with zero attached hydrogens (tertiary/aromatic N) is 2. The molecule has 1 heterocycles. The monoisotopic (exact) mass is 236 g/mol. The van der Waals surface area contributed by atoms with E-state index < -0.39 is 6.10 Å². The molecule has 0 unspecified atom stereocenters. The summed E-state index contributed by atoms with van der Waals surface area (Å²) in [6, 6.07) is 4.20. The predicted octanol–water partition coefficient (Wildman–Crippen LogP) is 1.49. The van der Waals surface area contributed by atoms with Crippen LogP contribution in [0.4, 0.5) is 5.82 Å². The van der Waals surface area contributed by atoms with E-state index in [0.717, 1.165) is 24.2 Å². The summed E-state index contributed by atoms with van der Waals surface area (Å²) in [4.78, 5) is 6.51. The van der Waals surface area contributed by atoms with Crippen LogP contribution in [0.15, 0.2) is 18.3 Å². The summed E-state index contributed by atoms with van der Waals surface area (Å²) in [5.41, 5.74) is 0.841. The lowest BCUT2D eigenvalue weighted by atomic mass is 9.91. The molecule has 1 fully saturated rings. The van der Waals surface area contributed by atoms with Gasteiger partial charge in [0, 0.05) is 24.3 Å². The van der Waals surface area contributed by atoms with Crippen molar-refractivity contribution in [2.24, 2.45) is 0 Å². The number of aromatic nitrogens is 1. The molecule has 1 saturated carbocycles. The number of rotatable bonds is 5. The van der Waals surface area contributed by atoms with Crippen LogP contribution in [-0.2, 0) is 0 Å². The van der Waals surface area contributed by atoms with Gasteiger partial charge in [0.15, 0.2) is 0 Å². The molecule has 1 aliphatic carbocycles. The van der Waals surface area contributed by atoms with Crippen molar-refractivity contribution in [3.8, 4) is 0 Å². The Hall–Kier alpha value is -1.13. The summed E-state index contributed by atoms with van der Waals surface area (Å²) in [6.07, 6.45) is 4.75. The second kappa shape index (κ2) is 5.47. The first-order valence-electron chi connectivity index (χ1n) is 6.24. The lowest BCUT2D eigenvalue weighted by Gasteiger charge is -2.39. The highest BCUT2D eigenvalue weighted by atomic mass is 16.3. The Labute approximate surface area is 102 Å². The molecular formula is C13H20N2O2. The molecule has 1 aromatic heterocycles. The van der Waals surface area contributed by atoms with E-state index in [2.05, 4.69) is 9.88 Å². The lowest BCUT2D eigenvalue weighted by molar-refractivity contribution is 0.198. The number of pyridine rings is 1. The van der Waals surface area contributed by atoms with E-state index in [1.165, 1.54) is 6.42 Å². The molecule has 0 bridgehead atoms. The van der Waals surface area contributed by atoms with Crippen molar-refractivity contribution < 1.29 is 10.2 Å². The fourth-order valence-corrected chi connectivity index (χ4v) is 2.24. The van der Waals surface area contributed by atoms with E-state index in [1.54, 1.807) is 13.1 Å². The third-order valence-corrected chi connectivity index (χ3v) is 3.40. The SMILES string of the molecule is C[C@@H](O)c1cccnc1N(CCO)C1CCC1. The van der Waals surface area contributed by atoms with E-state index in [-0.39, 0.29) is 6.61 Å². The molecule has 4 nitrogen and oxygen atoms in total. The van der Waals surface area contributed by atoms with Crippen LogP contribution in [0.25, 0.3) is 0 Å². The average molecular weight is 236 g/mol. The average Bonchev–Trinajstić information content (AvgIpc) is 2.26. The van der Waals surface area contributed by atoms with E-state index >= 15 is 0 Å². The minimum absolute atomic E-state index is 0.117. The minimum Gasteiger partial charge on any atom is -0.395 e. The van der Waals surface area contributed by atoms with Gasteiger partial charge < -0.3 is 15.1 Å². The Morgan fingerprint density at radius 3 is 2.82 bits per heavy atom. The number of hydrogen-bond acceptors (Lipinski definition) is 4. The minimum atomic E-state index is -0.528. The lowest BCUT2D eigenvalue weighted by Crippen LogP contribution is -2.43. The fourth-order valence-electron chi connectivity index (χ4n) is 2.24. The van der Waals surface area contributed by atoms with Crippen molar-refractivity contribution in [2.75, 3.05) is 18.1 Å². The zero-order chi connectivity index (χ0) is 12.3. The molecule has 1 aliphatic rings. The highest BCUT2D eigenvalue weighted by molar-refractivity contribution is 5.49. The quantitative estimate of drug-likeness (QED) is 0.813. The molecule has 2 rings (SSSR count). The van der Waals surface area contributed by atoms with Gasteiger partial charge in [0.05, 0.1) is 12.7 Å². The summed E-state index contributed by atoms with van der Waals surface area (Å²) < 4.78 is 0. The summed E-state index contributed by atoms with van der Waals surface area (Å²) >= 11 is 0. The second-order valence-electron chi connectivity index (χ2n) is 4.59. The zero-order valence-electron chi connectivity index (χ0n) is 10.2. The standard InChI is InChI=1S/C13H20N2O2/c1-10(17)12-6-3-7-14-13(12)15(8-9-16)11-4-2-5-11/h3,6-7,10-11,16-17H,2,4-5,8-9H2,1H3/t10-/m1/s1. The van der Waals surface area contributed by atoms with Crippen molar-refractivity contribution >= 4 is 5.82 Å². The van der Waals surface area contributed by atoms with E-state index in [4.69, 9.17) is 5.11 Å². The summed E-state index contributed by atoms with van der Waals surface area (Å²) in [6.45, 7) is 2.45. The molecule has 94 valence electrons. The van der Waals surface area contributed by atoms with Crippen molar-refractivity contribution in [1.82, 2.24) is 4.98 Å². The van der Waals surface area contributed by atoms with Gasteiger partial charge in [-0.15, -0.1) is 0 Å². The van der Waals surface area contributed by atoms with Crippen LogP contribution in [0.2, 0.25) is 0 Å². The second-order valence-corrected chi connectivity index (χ2v) is 4.59. The van der Waals surface area contributed by atoms with Crippen molar-refractivity contribution in [3.05, 3.63) is 23.9 Å². The van der Waals surface area contributed by atoms with Gasteiger partial charge in [0.2, 0.25) is 0 Å². The van der Waals surface area contributed by atoms with E-state index in [9.17, 15) is 5.11 Å². The maximum Gasteiger partial charge on any atom is 0.134 e. The van der Waals surface area contributed by atoms with Gasteiger partial charge in [-0.1, -0.05) is 6.07 Å². The number of aliphatic hydroxyl groups is 2. The first kappa shape index (κ1) is 12.3. The smallest absolute Gasteiger partial charge is 0.134 e. The zero-order valence-corrected chi connectivity index (χ0v) is 10.2. The number of anilines is 1. The molecule has 2 N–H and O–H groups in total. The molecule has 0 saturated heterocycles. The molecule has 0 radical (unpaired) electrons. The first-order chi connectivity index (χ1) is 8.24. The van der Waals surface area contributed by atoms with Crippen LogP contribution in [0, 0.1) is 0 Å². The molecule has 0 amide bonds. The molecule has 0 spiro atoms. The highest BCUT2D eigenvalue weighted by Crippen LogP contribution is 2.32. The first-order valence-corrected chi connectivity index (χ1v) is 6.24. The molecule has 0 aliphatic heterocycles. The Balaban J connectivity index is 2.27. The van der Waals surface area contributed by atoms with Crippen molar-refractivity contribution in [1.29, 1.82) is 0 Å². The van der Waals surface area contributed by atoms with Crippen LogP contribution in [0.5, 0.6) is 0 Å². The van der Waals surface area contributed by atoms with E-state index in [1.807, 2.05) is 12.1 Å². The third kappa shape index (κ3) is 2.58. The van der Waals surface area contributed by atoms with Gasteiger partial charge in [-0.2, -0.15) is 0 Å². The van der Waals surface area contributed by atoms with Crippen molar-refractivity contribution in [2.45, 2.75) is 38.3 Å². The van der Waals surface area contributed by atoms with Crippen LogP contribution in [0.3, 0.4) is 0 Å². The van der Waals surface area contributed by atoms with Gasteiger partial charge in [-0.25, -0.2) is 4.98 Å². The number of aliphatic hydroxyl groups excluding tert-OH is 2. The van der Waals surface area contributed by atoms with Crippen LogP contribution >= 0.6 is 0 Å². The topological polar surface area (TPSA) is 56.6 Å². The Kier molecular flexibility index (Phi) is 3.97. The van der Waals surface area contributed by atoms with E-state index in [0.29, 0.717) is 12.6 Å². The van der Waals surface area contributed by atoms with Gasteiger partial charge >= 0.3 is 0 Å². The van der Waals surface area contributed by atoms with Gasteiger partial charge in [-0.3, -0.25) is 0 Å². The normalized spacial score (nSPS) is 17.6. The van der Waals surface area contributed by atoms with Crippen molar-refractivity contribution in [3.63, 3.8) is 0 Å². The summed E-state index contributed by atoms with van der Waals surface area (Å²) in [7, 11) is 0.